The highest BCUT2D eigenvalue weighted by atomic mass is 16.1. The Kier molecular flexibility index (Phi) is 7.39. The summed E-state index contributed by atoms with van der Waals surface area (Å²) < 4.78 is 0. The van der Waals surface area contributed by atoms with E-state index in [1.165, 1.54) is 19.3 Å². The third kappa shape index (κ3) is 6.39. The van der Waals surface area contributed by atoms with E-state index in [1.54, 1.807) is 0 Å². The number of amides is 1. The maximum atomic E-state index is 11.9. The predicted octanol–water partition coefficient (Wildman–Crippen LogP) is 1.61. The number of nitrogens with zero attached hydrogens (tertiary/aromatic N) is 1. The van der Waals surface area contributed by atoms with Crippen LogP contribution in [0.3, 0.4) is 0 Å². The summed E-state index contributed by atoms with van der Waals surface area (Å²) in [5.41, 5.74) is 0. The molecule has 1 amide bonds. The second kappa shape index (κ2) is 8.54. The van der Waals surface area contributed by atoms with Gasteiger partial charge in [0.25, 0.3) is 0 Å². The first-order valence-electron chi connectivity index (χ1n) is 7.67. The molecule has 0 aromatic rings. The van der Waals surface area contributed by atoms with Crippen LogP contribution in [-0.2, 0) is 4.79 Å². The highest BCUT2D eigenvalue weighted by Gasteiger charge is 2.17. The minimum atomic E-state index is 0.194. The van der Waals surface area contributed by atoms with Crippen LogP contribution in [0.15, 0.2) is 0 Å². The molecule has 4 heteroatoms. The number of piperidine rings is 1. The van der Waals surface area contributed by atoms with Gasteiger partial charge in [-0.05, 0) is 45.8 Å². The average molecular weight is 269 g/mol. The van der Waals surface area contributed by atoms with Gasteiger partial charge in [0.1, 0.15) is 0 Å². The van der Waals surface area contributed by atoms with Crippen molar-refractivity contribution < 1.29 is 4.79 Å². The average Bonchev–Trinajstić information content (AvgIpc) is 2.37. The van der Waals surface area contributed by atoms with E-state index >= 15 is 0 Å². The molecule has 1 fully saturated rings. The topological polar surface area (TPSA) is 44.4 Å². The summed E-state index contributed by atoms with van der Waals surface area (Å²) in [5.74, 6) is 0.746. The van der Waals surface area contributed by atoms with Gasteiger partial charge in [-0.3, -0.25) is 4.79 Å². The third-order valence-electron chi connectivity index (χ3n) is 4.07. The highest BCUT2D eigenvalue weighted by Crippen LogP contribution is 2.11. The number of hydrogen-bond acceptors (Lipinski definition) is 3. The second-order valence-corrected chi connectivity index (χ2v) is 6.26. The third-order valence-corrected chi connectivity index (χ3v) is 4.07. The van der Waals surface area contributed by atoms with Crippen LogP contribution in [-0.4, -0.2) is 50.1 Å². The van der Waals surface area contributed by atoms with Gasteiger partial charge in [0.05, 0.1) is 0 Å². The van der Waals surface area contributed by atoms with Gasteiger partial charge in [0.2, 0.25) is 5.91 Å². The van der Waals surface area contributed by atoms with Crippen LogP contribution >= 0.6 is 0 Å². The second-order valence-electron chi connectivity index (χ2n) is 6.26. The molecule has 1 heterocycles. The largest absolute Gasteiger partial charge is 0.355 e. The number of carbonyl (C=O) groups excluding carboxylic acids is 1. The predicted molar refractivity (Wildman–Crippen MR) is 80.2 cm³/mol. The fraction of sp³-hybridized carbons (Fsp3) is 0.933. The lowest BCUT2D eigenvalue weighted by Crippen LogP contribution is -2.43. The summed E-state index contributed by atoms with van der Waals surface area (Å²) >= 11 is 0. The molecule has 0 bridgehead atoms. The smallest absolute Gasteiger partial charge is 0.220 e. The fourth-order valence-corrected chi connectivity index (χ4v) is 2.80. The molecule has 1 saturated heterocycles. The number of likely N-dealkylation sites (N-methyl/N-ethyl adjacent to an activating group) is 1. The zero-order valence-corrected chi connectivity index (χ0v) is 13.0. The van der Waals surface area contributed by atoms with Gasteiger partial charge >= 0.3 is 0 Å². The van der Waals surface area contributed by atoms with Crippen molar-refractivity contribution in [2.75, 3.05) is 27.2 Å². The molecule has 4 nitrogen and oxygen atoms in total. The lowest BCUT2D eigenvalue weighted by molar-refractivity contribution is -0.121. The standard InChI is InChI=1S/C15H31N3O/c1-12(2)14(18(3)4)11-17-15(19)9-8-13-7-5-6-10-16-13/h12-14,16H,5-11H2,1-4H3,(H,17,19). The molecule has 0 aromatic carbocycles. The first kappa shape index (κ1) is 16.4. The normalized spacial score (nSPS) is 21.7. The Hall–Kier alpha value is -0.610. The Labute approximate surface area is 118 Å². The molecule has 0 aromatic heterocycles. The Morgan fingerprint density at radius 2 is 2.11 bits per heavy atom. The maximum Gasteiger partial charge on any atom is 0.220 e. The molecule has 2 unspecified atom stereocenters. The van der Waals surface area contributed by atoms with Gasteiger partial charge in [-0.15, -0.1) is 0 Å². The first-order valence-corrected chi connectivity index (χ1v) is 7.67. The molecule has 1 aliphatic heterocycles. The van der Waals surface area contributed by atoms with Crippen molar-refractivity contribution in [3.8, 4) is 0 Å². The highest BCUT2D eigenvalue weighted by molar-refractivity contribution is 5.75. The zero-order valence-electron chi connectivity index (χ0n) is 13.0. The molecule has 1 rings (SSSR count). The fourth-order valence-electron chi connectivity index (χ4n) is 2.80. The van der Waals surface area contributed by atoms with Gasteiger partial charge < -0.3 is 15.5 Å². The SMILES string of the molecule is CC(C)C(CNC(=O)CCC1CCCCN1)N(C)C. The van der Waals surface area contributed by atoms with Crippen LogP contribution in [0, 0.1) is 5.92 Å². The summed E-state index contributed by atoms with van der Waals surface area (Å²) in [5, 5.41) is 6.56. The number of nitrogens with one attached hydrogen (secondary N) is 2. The van der Waals surface area contributed by atoms with E-state index in [0.717, 1.165) is 19.5 Å². The van der Waals surface area contributed by atoms with Crippen LogP contribution in [0.4, 0.5) is 0 Å². The Balaban J connectivity index is 2.19. The van der Waals surface area contributed by atoms with Gasteiger partial charge in [0, 0.05) is 25.0 Å². The van der Waals surface area contributed by atoms with Crippen LogP contribution in [0.25, 0.3) is 0 Å². The van der Waals surface area contributed by atoms with E-state index in [2.05, 4.69) is 43.5 Å². The molecular weight excluding hydrogens is 238 g/mol. The van der Waals surface area contributed by atoms with Crippen LogP contribution < -0.4 is 10.6 Å². The lowest BCUT2D eigenvalue weighted by Gasteiger charge is -2.28. The van der Waals surface area contributed by atoms with E-state index in [4.69, 9.17) is 0 Å². The van der Waals surface area contributed by atoms with E-state index in [0.29, 0.717) is 24.4 Å². The van der Waals surface area contributed by atoms with E-state index in [9.17, 15) is 4.79 Å². The summed E-state index contributed by atoms with van der Waals surface area (Å²) in [4.78, 5) is 14.1. The summed E-state index contributed by atoms with van der Waals surface area (Å²) in [6.45, 7) is 6.26. The number of carbonyl (C=O) groups is 1. The zero-order chi connectivity index (χ0) is 14.3. The van der Waals surface area contributed by atoms with Crippen molar-refractivity contribution in [1.82, 2.24) is 15.5 Å². The van der Waals surface area contributed by atoms with Gasteiger partial charge in [-0.1, -0.05) is 20.3 Å². The van der Waals surface area contributed by atoms with Crippen molar-refractivity contribution in [3.63, 3.8) is 0 Å². The van der Waals surface area contributed by atoms with Crippen molar-refractivity contribution in [2.24, 2.45) is 5.92 Å². The van der Waals surface area contributed by atoms with Crippen molar-refractivity contribution in [2.45, 2.75) is 58.0 Å². The van der Waals surface area contributed by atoms with E-state index in [-0.39, 0.29) is 5.91 Å². The van der Waals surface area contributed by atoms with E-state index < -0.39 is 0 Å². The number of hydrogen-bond donors (Lipinski definition) is 2. The monoisotopic (exact) mass is 269 g/mol. The molecule has 2 atom stereocenters. The lowest BCUT2D eigenvalue weighted by atomic mass is 10.00. The number of rotatable bonds is 7. The molecule has 0 aliphatic carbocycles. The first-order chi connectivity index (χ1) is 9.00. The Bertz CT molecular complexity index is 252. The summed E-state index contributed by atoms with van der Waals surface area (Å²) in [7, 11) is 4.14. The summed E-state index contributed by atoms with van der Waals surface area (Å²) in [6.07, 6.45) is 5.42. The van der Waals surface area contributed by atoms with Crippen molar-refractivity contribution in [3.05, 3.63) is 0 Å². The molecule has 19 heavy (non-hydrogen) atoms. The van der Waals surface area contributed by atoms with Crippen molar-refractivity contribution >= 4 is 5.91 Å². The maximum absolute atomic E-state index is 11.9. The molecule has 0 spiro atoms. The molecule has 2 N–H and O–H groups in total. The molecule has 112 valence electrons. The summed E-state index contributed by atoms with van der Waals surface area (Å²) in [6, 6.07) is 0.964. The molecule has 1 aliphatic rings. The minimum absolute atomic E-state index is 0.194. The quantitative estimate of drug-likeness (QED) is 0.738. The molecular formula is C15H31N3O. The Morgan fingerprint density at radius 1 is 1.37 bits per heavy atom. The van der Waals surface area contributed by atoms with Gasteiger partial charge in [-0.2, -0.15) is 0 Å². The van der Waals surface area contributed by atoms with Crippen molar-refractivity contribution in [1.29, 1.82) is 0 Å². The van der Waals surface area contributed by atoms with Gasteiger partial charge in [-0.25, -0.2) is 0 Å². The van der Waals surface area contributed by atoms with Gasteiger partial charge in [0.15, 0.2) is 0 Å². The molecule has 0 radical (unpaired) electrons. The molecule has 0 saturated carbocycles. The van der Waals surface area contributed by atoms with Crippen LogP contribution in [0.2, 0.25) is 0 Å². The van der Waals surface area contributed by atoms with E-state index in [1.807, 2.05) is 0 Å². The van der Waals surface area contributed by atoms with Crippen LogP contribution in [0.5, 0.6) is 0 Å². The van der Waals surface area contributed by atoms with Crippen LogP contribution in [0.1, 0.15) is 46.0 Å². The Morgan fingerprint density at radius 3 is 2.63 bits per heavy atom. The minimum Gasteiger partial charge on any atom is -0.355 e.